The average Bonchev–Trinajstić information content (AvgIpc) is 3.36. The molecule has 0 fully saturated rings. The smallest absolute Gasteiger partial charge is 0.239 e. The zero-order valence-corrected chi connectivity index (χ0v) is 39.2. The monoisotopic (exact) mass is 881 g/mol. The quantitative estimate of drug-likeness (QED) is 0.128. The van der Waals surface area contributed by atoms with E-state index in [1.165, 1.54) is 44.8 Å². The standard InChI is InChI=1S/C61H51N7/c1-40-35-42(3)56(43(4)36-40)68(57-44(5)37-41(2)38-45(57)6)53-33-31-52(32-34-53)67(55-39-54(48-21-13-8-14-22-48)62-58(63-55)49-23-15-9-16-24-49)61-65-59(50-25-17-10-18-26-50)64-60(66-61)51-29-27-47(28-30-51)46-19-11-7-12-20-46/h7-39H,1-6H3. The molecule has 2 heterocycles. The highest BCUT2D eigenvalue weighted by atomic mass is 15.3. The molecule has 0 spiro atoms. The number of aromatic nitrogens is 5. The molecule has 0 aliphatic rings. The second kappa shape index (κ2) is 18.7. The fourth-order valence-corrected chi connectivity index (χ4v) is 9.30. The van der Waals surface area contributed by atoms with Crippen LogP contribution in [0.2, 0.25) is 0 Å². The summed E-state index contributed by atoms with van der Waals surface area (Å²) in [7, 11) is 0. The van der Waals surface area contributed by atoms with Gasteiger partial charge in [-0.25, -0.2) is 15.0 Å². The molecule has 0 N–H and O–H groups in total. The summed E-state index contributed by atoms with van der Waals surface area (Å²) in [6.07, 6.45) is 0. The van der Waals surface area contributed by atoms with Crippen LogP contribution in [0.25, 0.3) is 56.5 Å². The van der Waals surface area contributed by atoms with E-state index >= 15 is 0 Å². The molecule has 0 bridgehead atoms. The highest BCUT2D eigenvalue weighted by Gasteiger charge is 2.25. The van der Waals surface area contributed by atoms with Crippen molar-refractivity contribution < 1.29 is 0 Å². The second-order valence-electron chi connectivity index (χ2n) is 17.4. The summed E-state index contributed by atoms with van der Waals surface area (Å²) in [5, 5.41) is 0. The molecule has 10 aromatic rings. The Morgan fingerprint density at radius 3 is 1.10 bits per heavy atom. The van der Waals surface area contributed by atoms with E-state index in [1.54, 1.807) is 0 Å². The van der Waals surface area contributed by atoms with Crippen molar-refractivity contribution in [3.8, 4) is 56.5 Å². The highest BCUT2D eigenvalue weighted by Crippen LogP contribution is 2.44. The Bertz CT molecular complexity index is 3210. The molecule has 0 unspecified atom stereocenters. The minimum absolute atomic E-state index is 0.415. The first-order chi connectivity index (χ1) is 33.2. The van der Waals surface area contributed by atoms with Crippen molar-refractivity contribution in [2.45, 2.75) is 41.5 Å². The Labute approximate surface area is 399 Å². The van der Waals surface area contributed by atoms with Gasteiger partial charge in [0.1, 0.15) is 5.82 Å². The topological polar surface area (TPSA) is 70.9 Å². The number of nitrogens with zero attached hydrogens (tertiary/aromatic N) is 7. The fraction of sp³-hybridized carbons (Fsp3) is 0.0984. The van der Waals surface area contributed by atoms with Gasteiger partial charge < -0.3 is 4.90 Å². The lowest BCUT2D eigenvalue weighted by Gasteiger charge is -2.32. The summed E-state index contributed by atoms with van der Waals surface area (Å²) in [5.74, 6) is 2.69. The van der Waals surface area contributed by atoms with Crippen molar-refractivity contribution in [2.75, 3.05) is 9.80 Å². The number of hydrogen-bond donors (Lipinski definition) is 0. The average molecular weight is 882 g/mol. The number of aryl methyl sites for hydroxylation is 6. The fourth-order valence-electron chi connectivity index (χ4n) is 9.30. The minimum atomic E-state index is 0.415. The van der Waals surface area contributed by atoms with Crippen LogP contribution in [0.3, 0.4) is 0 Å². The third-order valence-electron chi connectivity index (χ3n) is 12.2. The van der Waals surface area contributed by atoms with Crippen LogP contribution >= 0.6 is 0 Å². The summed E-state index contributed by atoms with van der Waals surface area (Å²) in [5.41, 5.74) is 18.1. The predicted molar refractivity (Wildman–Crippen MR) is 280 cm³/mol. The van der Waals surface area contributed by atoms with Crippen LogP contribution in [0, 0.1) is 41.5 Å². The third-order valence-corrected chi connectivity index (χ3v) is 12.2. The summed E-state index contributed by atoms with van der Waals surface area (Å²) in [6, 6.07) is 69.0. The maximum atomic E-state index is 5.35. The molecular weight excluding hydrogens is 831 g/mol. The molecule has 8 aromatic carbocycles. The minimum Gasteiger partial charge on any atom is -0.309 e. The molecule has 7 nitrogen and oxygen atoms in total. The molecule has 2 aromatic heterocycles. The van der Waals surface area contributed by atoms with Crippen molar-refractivity contribution >= 4 is 34.5 Å². The van der Waals surface area contributed by atoms with Gasteiger partial charge in [0.2, 0.25) is 5.95 Å². The largest absolute Gasteiger partial charge is 0.309 e. The molecule has 0 radical (unpaired) electrons. The summed E-state index contributed by atoms with van der Waals surface area (Å²) in [4.78, 5) is 30.7. The Kier molecular flexibility index (Phi) is 11.9. The summed E-state index contributed by atoms with van der Waals surface area (Å²) >= 11 is 0. The van der Waals surface area contributed by atoms with E-state index in [-0.39, 0.29) is 0 Å². The van der Waals surface area contributed by atoms with E-state index in [9.17, 15) is 0 Å². The number of benzene rings is 8. The molecule has 0 amide bonds. The number of anilines is 6. The van der Waals surface area contributed by atoms with Crippen molar-refractivity contribution in [2.24, 2.45) is 0 Å². The molecule has 0 aliphatic heterocycles. The Hall–Kier alpha value is -8.55. The van der Waals surface area contributed by atoms with Gasteiger partial charge >= 0.3 is 0 Å². The second-order valence-corrected chi connectivity index (χ2v) is 17.4. The van der Waals surface area contributed by atoms with Crippen LogP contribution in [-0.2, 0) is 0 Å². The van der Waals surface area contributed by atoms with Crippen molar-refractivity contribution in [1.29, 1.82) is 0 Å². The number of rotatable bonds is 11. The van der Waals surface area contributed by atoms with Crippen LogP contribution in [0.15, 0.2) is 200 Å². The maximum Gasteiger partial charge on any atom is 0.239 e. The van der Waals surface area contributed by atoms with E-state index in [0.29, 0.717) is 29.2 Å². The summed E-state index contributed by atoms with van der Waals surface area (Å²) < 4.78 is 0. The van der Waals surface area contributed by atoms with Gasteiger partial charge in [-0.2, -0.15) is 9.97 Å². The van der Waals surface area contributed by atoms with Gasteiger partial charge in [-0.05, 0) is 99.2 Å². The maximum absolute atomic E-state index is 5.35. The first-order valence-corrected chi connectivity index (χ1v) is 23.0. The third kappa shape index (κ3) is 8.90. The molecule has 0 saturated carbocycles. The zero-order chi connectivity index (χ0) is 46.7. The molecule has 0 atom stereocenters. The first-order valence-electron chi connectivity index (χ1n) is 23.0. The molecule has 68 heavy (non-hydrogen) atoms. The summed E-state index contributed by atoms with van der Waals surface area (Å²) in [6.45, 7) is 13.2. The molecule has 7 heteroatoms. The predicted octanol–water partition coefficient (Wildman–Crippen LogP) is 15.8. The van der Waals surface area contributed by atoms with E-state index < -0.39 is 0 Å². The van der Waals surface area contributed by atoms with Gasteiger partial charge in [-0.1, -0.05) is 181 Å². The molecule has 330 valence electrons. The molecule has 0 saturated heterocycles. The van der Waals surface area contributed by atoms with Gasteiger partial charge in [-0.3, -0.25) is 4.90 Å². The van der Waals surface area contributed by atoms with Gasteiger partial charge in [0, 0.05) is 34.0 Å². The first kappa shape index (κ1) is 43.3. The van der Waals surface area contributed by atoms with Gasteiger partial charge in [0.25, 0.3) is 0 Å². The molecular formula is C61H51N7. The highest BCUT2D eigenvalue weighted by molar-refractivity contribution is 5.86. The molecule has 10 rings (SSSR count). The van der Waals surface area contributed by atoms with E-state index in [2.05, 4.69) is 156 Å². The van der Waals surface area contributed by atoms with E-state index in [1.807, 2.05) is 95.9 Å². The lowest BCUT2D eigenvalue weighted by atomic mass is 9.98. The Morgan fingerprint density at radius 2 is 0.647 bits per heavy atom. The SMILES string of the molecule is Cc1cc(C)c(N(c2ccc(N(c3cc(-c4ccccc4)nc(-c4ccccc4)n3)c3nc(-c4ccccc4)nc(-c4ccc(-c5ccccc5)cc4)n3)cc2)c2c(C)cc(C)cc2C)c(C)c1. The normalized spacial score (nSPS) is 11.1. The van der Waals surface area contributed by atoms with Crippen molar-refractivity contribution in [3.63, 3.8) is 0 Å². The van der Waals surface area contributed by atoms with Crippen LogP contribution in [0.5, 0.6) is 0 Å². The Balaban J connectivity index is 1.20. The van der Waals surface area contributed by atoms with Crippen LogP contribution in [-0.4, -0.2) is 24.9 Å². The molecule has 0 aliphatic carbocycles. The van der Waals surface area contributed by atoms with Crippen LogP contribution in [0.1, 0.15) is 33.4 Å². The zero-order valence-electron chi connectivity index (χ0n) is 39.2. The van der Waals surface area contributed by atoms with Gasteiger partial charge in [0.15, 0.2) is 17.5 Å². The van der Waals surface area contributed by atoms with Gasteiger partial charge in [0.05, 0.1) is 22.8 Å². The van der Waals surface area contributed by atoms with Crippen molar-refractivity contribution in [3.05, 3.63) is 234 Å². The van der Waals surface area contributed by atoms with E-state index in [4.69, 9.17) is 24.9 Å². The van der Waals surface area contributed by atoms with E-state index in [0.717, 1.165) is 50.4 Å². The lowest BCUT2D eigenvalue weighted by molar-refractivity contribution is 1.00. The Morgan fingerprint density at radius 1 is 0.294 bits per heavy atom. The van der Waals surface area contributed by atoms with Crippen LogP contribution in [0.4, 0.5) is 34.5 Å². The van der Waals surface area contributed by atoms with Gasteiger partial charge in [-0.15, -0.1) is 0 Å². The number of hydrogen-bond acceptors (Lipinski definition) is 7. The van der Waals surface area contributed by atoms with Crippen molar-refractivity contribution in [1.82, 2.24) is 24.9 Å². The lowest BCUT2D eigenvalue weighted by Crippen LogP contribution is -2.18. The van der Waals surface area contributed by atoms with Crippen LogP contribution < -0.4 is 9.80 Å².